The maximum Gasteiger partial charge on any atom is 0.416 e. The van der Waals surface area contributed by atoms with Gasteiger partial charge < -0.3 is 24.6 Å². The number of carbonyl (C=O) groups excluding carboxylic acids is 3. The first-order chi connectivity index (χ1) is 20.7. The van der Waals surface area contributed by atoms with Gasteiger partial charge in [-0.3, -0.25) is 14.5 Å². The molecule has 3 aliphatic heterocycles. The van der Waals surface area contributed by atoms with E-state index in [9.17, 15) is 31.9 Å². The van der Waals surface area contributed by atoms with E-state index in [0.29, 0.717) is 35.0 Å². The highest BCUT2D eigenvalue weighted by Gasteiger charge is 2.67. The minimum absolute atomic E-state index is 0.0671. The van der Waals surface area contributed by atoms with Crippen LogP contribution in [0.4, 0.5) is 36.8 Å². The van der Waals surface area contributed by atoms with E-state index in [-0.39, 0.29) is 17.2 Å². The molecule has 2 aromatic carbocycles. The number of urea groups is 1. The zero-order chi connectivity index (χ0) is 31.7. The fraction of sp³-hybridized carbons (Fsp3) is 0.483. The molecule has 9 nitrogen and oxygen atoms in total. The molecule has 6 rings (SSSR count). The number of ether oxygens (including phenoxy) is 2. The standard InChI is InChI=1S/C29H28F6N4O5/c1-43-20-8-9-37(12-20)19-6-7-21-22(10-19)28(31,32)14-27(21)24(41)38(25(42)36-27)13-23(40)39(11-17-2-4-18(30)5-3-17)26(15-44-16-26)29(33,34)35/h2-7,10,20H,8-9,11-16H2,1H3,(H,36,42)/t20-,27+/m1/s1. The molecule has 1 spiro atoms. The number of methoxy groups -OCH3 is 1. The van der Waals surface area contributed by atoms with Crippen molar-refractivity contribution in [1.29, 1.82) is 0 Å². The first-order valence-corrected chi connectivity index (χ1v) is 13.8. The summed E-state index contributed by atoms with van der Waals surface area (Å²) in [5, 5.41) is 2.31. The average Bonchev–Trinajstić information content (AvgIpc) is 3.57. The number of fused-ring (bicyclic) bond motifs is 2. The third kappa shape index (κ3) is 4.67. The molecular weight excluding hydrogens is 598 g/mol. The maximum atomic E-state index is 15.5. The Morgan fingerprint density at radius 1 is 1.11 bits per heavy atom. The number of hydrogen-bond donors (Lipinski definition) is 1. The van der Waals surface area contributed by atoms with Crippen LogP contribution in [0.5, 0.6) is 0 Å². The van der Waals surface area contributed by atoms with Crippen molar-refractivity contribution in [3.63, 3.8) is 0 Å². The van der Waals surface area contributed by atoms with Crippen LogP contribution in [0.2, 0.25) is 0 Å². The van der Waals surface area contributed by atoms with Crippen LogP contribution in [0, 0.1) is 5.82 Å². The van der Waals surface area contributed by atoms with Gasteiger partial charge in [-0.2, -0.15) is 13.2 Å². The predicted molar refractivity (Wildman–Crippen MR) is 141 cm³/mol. The summed E-state index contributed by atoms with van der Waals surface area (Å²) in [6.07, 6.45) is -5.44. The first kappa shape index (κ1) is 30.2. The Balaban J connectivity index is 1.28. The van der Waals surface area contributed by atoms with Crippen molar-refractivity contribution in [2.45, 2.75) is 48.7 Å². The van der Waals surface area contributed by atoms with E-state index in [1.807, 2.05) is 4.90 Å². The van der Waals surface area contributed by atoms with Crippen LogP contribution < -0.4 is 10.2 Å². The molecule has 3 saturated heterocycles. The number of carbonyl (C=O) groups is 3. The van der Waals surface area contributed by atoms with Gasteiger partial charge in [0.15, 0.2) is 11.1 Å². The second-order valence-electron chi connectivity index (χ2n) is 11.6. The van der Waals surface area contributed by atoms with Crippen molar-refractivity contribution in [3.8, 4) is 0 Å². The van der Waals surface area contributed by atoms with Crippen LogP contribution >= 0.6 is 0 Å². The Morgan fingerprint density at radius 3 is 2.41 bits per heavy atom. The Bertz CT molecular complexity index is 1500. The monoisotopic (exact) mass is 626 g/mol. The number of benzene rings is 2. The van der Waals surface area contributed by atoms with E-state index < -0.39 is 85.1 Å². The van der Waals surface area contributed by atoms with Gasteiger partial charge in [0.2, 0.25) is 5.91 Å². The Kier molecular flexibility index (Phi) is 7.11. The number of nitrogens with one attached hydrogen (secondary N) is 1. The number of anilines is 1. The summed E-state index contributed by atoms with van der Waals surface area (Å²) in [7, 11) is 1.56. The summed E-state index contributed by atoms with van der Waals surface area (Å²) in [5.41, 5.74) is -4.95. The molecule has 1 N–H and O–H groups in total. The van der Waals surface area contributed by atoms with Crippen molar-refractivity contribution in [2.75, 3.05) is 44.9 Å². The maximum absolute atomic E-state index is 15.5. The van der Waals surface area contributed by atoms with Crippen LogP contribution in [-0.2, 0) is 37.1 Å². The Hall–Kier alpha value is -3.85. The molecule has 4 amide bonds. The fourth-order valence-electron chi connectivity index (χ4n) is 6.39. The van der Waals surface area contributed by atoms with E-state index in [1.54, 1.807) is 13.2 Å². The van der Waals surface area contributed by atoms with E-state index in [4.69, 9.17) is 9.47 Å². The largest absolute Gasteiger partial charge is 0.416 e. The van der Waals surface area contributed by atoms with Crippen LogP contribution in [-0.4, -0.2) is 85.4 Å². The van der Waals surface area contributed by atoms with Gasteiger partial charge in [0, 0.05) is 38.0 Å². The van der Waals surface area contributed by atoms with E-state index in [0.717, 1.165) is 12.1 Å². The Morgan fingerprint density at radius 2 is 1.82 bits per heavy atom. The number of amides is 4. The number of nitrogens with zero attached hydrogens (tertiary/aromatic N) is 3. The van der Waals surface area contributed by atoms with Gasteiger partial charge in [-0.05, 0) is 41.8 Å². The van der Waals surface area contributed by atoms with Gasteiger partial charge >= 0.3 is 12.2 Å². The minimum atomic E-state index is -4.96. The third-order valence-corrected chi connectivity index (χ3v) is 8.94. The highest BCUT2D eigenvalue weighted by Crippen LogP contribution is 2.54. The van der Waals surface area contributed by atoms with Crippen LogP contribution in [0.15, 0.2) is 42.5 Å². The van der Waals surface area contributed by atoms with Crippen LogP contribution in [0.1, 0.15) is 29.5 Å². The summed E-state index contributed by atoms with van der Waals surface area (Å²) < 4.78 is 97.4. The van der Waals surface area contributed by atoms with Crippen molar-refractivity contribution < 1.29 is 50.2 Å². The topological polar surface area (TPSA) is 91.4 Å². The van der Waals surface area contributed by atoms with Crippen LogP contribution in [0.25, 0.3) is 0 Å². The molecule has 2 aromatic rings. The number of imide groups is 1. The van der Waals surface area contributed by atoms with Gasteiger partial charge in [0.1, 0.15) is 12.4 Å². The second-order valence-corrected chi connectivity index (χ2v) is 11.6. The van der Waals surface area contributed by atoms with Gasteiger partial charge in [-0.25, -0.2) is 18.0 Å². The lowest BCUT2D eigenvalue weighted by Gasteiger charge is -2.50. The molecule has 3 heterocycles. The quantitative estimate of drug-likeness (QED) is 0.373. The van der Waals surface area contributed by atoms with Crippen molar-refractivity contribution in [2.24, 2.45) is 0 Å². The van der Waals surface area contributed by atoms with Crippen molar-refractivity contribution in [1.82, 2.24) is 15.1 Å². The number of rotatable bonds is 7. The zero-order valence-corrected chi connectivity index (χ0v) is 23.4. The summed E-state index contributed by atoms with van der Waals surface area (Å²) in [4.78, 5) is 43.0. The van der Waals surface area contributed by atoms with Crippen LogP contribution in [0.3, 0.4) is 0 Å². The van der Waals surface area contributed by atoms with Gasteiger partial charge in [-0.15, -0.1) is 0 Å². The lowest BCUT2D eigenvalue weighted by Crippen LogP contribution is -2.72. The lowest BCUT2D eigenvalue weighted by molar-refractivity contribution is -0.302. The lowest BCUT2D eigenvalue weighted by atomic mass is 9.91. The van der Waals surface area contributed by atoms with Crippen molar-refractivity contribution >= 4 is 23.5 Å². The summed E-state index contributed by atoms with van der Waals surface area (Å²) in [6, 6.07) is 7.40. The highest BCUT2D eigenvalue weighted by atomic mass is 19.4. The average molecular weight is 627 g/mol. The normalized spacial score (nSPS) is 25.3. The summed E-state index contributed by atoms with van der Waals surface area (Å²) >= 11 is 0. The number of halogens is 6. The molecule has 15 heteroatoms. The predicted octanol–water partition coefficient (Wildman–Crippen LogP) is 3.65. The molecule has 0 saturated carbocycles. The van der Waals surface area contributed by atoms with E-state index in [2.05, 4.69) is 5.32 Å². The van der Waals surface area contributed by atoms with E-state index in [1.165, 1.54) is 24.3 Å². The first-order valence-electron chi connectivity index (χ1n) is 13.8. The molecule has 236 valence electrons. The van der Waals surface area contributed by atoms with E-state index >= 15 is 8.78 Å². The third-order valence-electron chi connectivity index (χ3n) is 8.94. The smallest absolute Gasteiger partial charge is 0.380 e. The molecule has 1 aliphatic carbocycles. The molecule has 0 unspecified atom stereocenters. The summed E-state index contributed by atoms with van der Waals surface area (Å²) in [5.74, 6) is -6.62. The molecule has 0 radical (unpaired) electrons. The molecule has 44 heavy (non-hydrogen) atoms. The SMILES string of the molecule is CO[C@@H]1CCN(c2ccc3c(c2)C(F)(F)C[C@]32NC(=O)N(CC(=O)N(Cc3ccc(F)cc3)C3(C(F)(F)F)COC3)C2=O)C1. The zero-order valence-electron chi connectivity index (χ0n) is 23.4. The van der Waals surface area contributed by atoms with Crippen molar-refractivity contribution in [3.05, 3.63) is 65.0 Å². The van der Waals surface area contributed by atoms with Gasteiger partial charge in [-0.1, -0.05) is 18.2 Å². The second kappa shape index (κ2) is 10.4. The number of hydrogen-bond acceptors (Lipinski definition) is 6. The molecule has 4 aliphatic rings. The molecule has 0 bridgehead atoms. The van der Waals surface area contributed by atoms with Gasteiger partial charge in [0.25, 0.3) is 11.8 Å². The highest BCUT2D eigenvalue weighted by molar-refractivity contribution is 6.10. The molecular formula is C29H28F6N4O5. The molecule has 0 aromatic heterocycles. The van der Waals surface area contributed by atoms with Gasteiger partial charge in [0.05, 0.1) is 25.7 Å². The molecule has 2 atom stereocenters. The molecule has 3 fully saturated rings. The minimum Gasteiger partial charge on any atom is -0.380 e. The Labute approximate surface area is 247 Å². The summed E-state index contributed by atoms with van der Waals surface area (Å²) in [6.45, 7) is -2.51. The number of alkyl halides is 5. The fourth-order valence-corrected chi connectivity index (χ4v) is 6.39.